The third kappa shape index (κ3) is 2.30. The molecule has 1 nitrogen and oxygen atoms in total. The van der Waals surface area contributed by atoms with Gasteiger partial charge in [0.1, 0.15) is 0 Å². The maximum atomic E-state index is 3.24. The second-order valence-electron chi connectivity index (χ2n) is 3.07. The van der Waals surface area contributed by atoms with E-state index in [2.05, 4.69) is 17.1 Å². The summed E-state index contributed by atoms with van der Waals surface area (Å²) in [4.78, 5) is 3.24. The van der Waals surface area contributed by atoms with E-state index in [1.54, 1.807) is 0 Å². The van der Waals surface area contributed by atoms with Crippen LogP contribution in [0.15, 0.2) is 60.7 Å². The topological polar surface area (TPSA) is 14.0 Å². The lowest BCUT2D eigenvalue weighted by Crippen LogP contribution is -2.61. The molecule has 0 radical (unpaired) electrons. The average molecular weight is 182 g/mol. The molecule has 0 bridgehead atoms. The Labute approximate surface area is 83.7 Å². The van der Waals surface area contributed by atoms with Gasteiger partial charge in [-0.2, -0.15) is 0 Å². The zero-order valence-corrected chi connectivity index (χ0v) is 7.85. The Bertz CT molecular complexity index is 362. The summed E-state index contributed by atoms with van der Waals surface area (Å²) in [6.07, 6.45) is 2.00. The van der Waals surface area contributed by atoms with Gasteiger partial charge in [-0.25, -0.2) is 4.99 Å². The lowest BCUT2D eigenvalue weighted by atomic mass is 10.2. The quantitative estimate of drug-likeness (QED) is 0.677. The molecule has 0 aliphatic heterocycles. The van der Waals surface area contributed by atoms with Gasteiger partial charge in [0.25, 0.3) is 0 Å². The highest BCUT2D eigenvalue weighted by molar-refractivity contribution is 5.75. The third-order valence-electron chi connectivity index (χ3n) is 1.98. The first-order valence-corrected chi connectivity index (χ1v) is 4.65. The van der Waals surface area contributed by atoms with Gasteiger partial charge in [0.2, 0.25) is 5.69 Å². The molecule has 2 rings (SSSR count). The van der Waals surface area contributed by atoms with Gasteiger partial charge in [-0.05, 0) is 12.1 Å². The van der Waals surface area contributed by atoms with Crippen molar-refractivity contribution in [2.45, 2.75) is 0 Å². The Morgan fingerprint density at radius 2 is 1.29 bits per heavy atom. The van der Waals surface area contributed by atoms with Crippen LogP contribution in [0.5, 0.6) is 0 Å². The van der Waals surface area contributed by atoms with Crippen LogP contribution in [-0.4, -0.2) is 6.21 Å². The summed E-state index contributed by atoms with van der Waals surface area (Å²) in [5.74, 6) is 0. The maximum absolute atomic E-state index is 3.24. The zero-order chi connectivity index (χ0) is 9.64. The van der Waals surface area contributed by atoms with Crippen molar-refractivity contribution in [1.82, 2.24) is 0 Å². The molecule has 0 amide bonds. The lowest BCUT2D eigenvalue weighted by Gasteiger charge is -1.86. The first-order valence-electron chi connectivity index (χ1n) is 4.65. The normalized spacial score (nSPS) is 10.6. The van der Waals surface area contributed by atoms with Crippen molar-refractivity contribution in [1.29, 1.82) is 0 Å². The van der Waals surface area contributed by atoms with Crippen LogP contribution in [0, 0.1) is 0 Å². The molecule has 2 aromatic rings. The minimum atomic E-state index is 1.11. The standard InChI is InChI=1S/C13H11N/c1-3-7-12(8-4-1)11-14-13-9-5-2-6-10-13/h1-11H/p+1. The van der Waals surface area contributed by atoms with Crippen LogP contribution >= 0.6 is 0 Å². The monoisotopic (exact) mass is 182 g/mol. The number of benzene rings is 2. The summed E-state index contributed by atoms with van der Waals surface area (Å²) in [5.41, 5.74) is 2.28. The van der Waals surface area contributed by atoms with E-state index in [1.165, 1.54) is 5.56 Å². The second-order valence-corrected chi connectivity index (χ2v) is 3.07. The van der Waals surface area contributed by atoms with E-state index in [-0.39, 0.29) is 0 Å². The van der Waals surface area contributed by atoms with E-state index in [4.69, 9.17) is 0 Å². The smallest absolute Gasteiger partial charge is 0.203 e. The van der Waals surface area contributed by atoms with Crippen LogP contribution in [-0.2, 0) is 0 Å². The van der Waals surface area contributed by atoms with E-state index >= 15 is 0 Å². The number of para-hydroxylation sites is 1. The number of nitrogens with one attached hydrogen (secondary N) is 1. The van der Waals surface area contributed by atoms with Crippen molar-refractivity contribution >= 4 is 11.9 Å². The summed E-state index contributed by atoms with van der Waals surface area (Å²) >= 11 is 0. The van der Waals surface area contributed by atoms with Crippen molar-refractivity contribution < 1.29 is 4.99 Å². The molecule has 0 saturated carbocycles. The molecule has 14 heavy (non-hydrogen) atoms. The predicted molar refractivity (Wildman–Crippen MR) is 58.7 cm³/mol. The zero-order valence-electron chi connectivity index (χ0n) is 7.85. The fraction of sp³-hybridized carbons (Fsp3) is 0. The first-order chi connectivity index (χ1) is 6.95. The van der Waals surface area contributed by atoms with Crippen molar-refractivity contribution in [2.24, 2.45) is 0 Å². The molecule has 0 fully saturated rings. The van der Waals surface area contributed by atoms with Crippen molar-refractivity contribution in [2.75, 3.05) is 0 Å². The number of hydrogen-bond donors (Lipinski definition) is 1. The molecule has 1 heteroatoms. The molecule has 0 aliphatic carbocycles. The summed E-state index contributed by atoms with van der Waals surface area (Å²) < 4.78 is 0. The van der Waals surface area contributed by atoms with E-state index in [0.29, 0.717) is 0 Å². The molecule has 1 N–H and O–H groups in total. The summed E-state index contributed by atoms with van der Waals surface area (Å²) in [6, 6.07) is 20.3. The van der Waals surface area contributed by atoms with Gasteiger partial charge in [-0.15, -0.1) is 0 Å². The SMILES string of the molecule is C(=[NH+]c1ccccc1)c1ccccc1. The molecule has 2 aromatic carbocycles. The maximum Gasteiger partial charge on any atom is 0.203 e. The van der Waals surface area contributed by atoms with E-state index in [1.807, 2.05) is 54.7 Å². The van der Waals surface area contributed by atoms with E-state index in [0.717, 1.165) is 5.69 Å². The summed E-state index contributed by atoms with van der Waals surface area (Å²) in [7, 11) is 0. The van der Waals surface area contributed by atoms with Crippen molar-refractivity contribution in [3.05, 3.63) is 66.2 Å². The Morgan fingerprint density at radius 1 is 0.714 bits per heavy atom. The minimum Gasteiger partial charge on any atom is -0.211 e. The molecular weight excluding hydrogens is 170 g/mol. The van der Waals surface area contributed by atoms with Gasteiger partial charge in [-0.3, -0.25) is 0 Å². The molecule has 0 unspecified atom stereocenters. The van der Waals surface area contributed by atoms with Crippen LogP contribution < -0.4 is 4.99 Å². The molecule has 0 aromatic heterocycles. The van der Waals surface area contributed by atoms with Gasteiger partial charge in [0, 0.05) is 17.7 Å². The minimum absolute atomic E-state index is 1.11. The van der Waals surface area contributed by atoms with Gasteiger partial charge in [0.05, 0.1) is 0 Å². The van der Waals surface area contributed by atoms with Gasteiger partial charge in [0.15, 0.2) is 6.21 Å². The van der Waals surface area contributed by atoms with Crippen molar-refractivity contribution in [3.63, 3.8) is 0 Å². The van der Waals surface area contributed by atoms with Crippen LogP contribution in [0.4, 0.5) is 5.69 Å². The second kappa shape index (κ2) is 4.38. The Balaban J connectivity index is 2.16. The summed E-state index contributed by atoms with van der Waals surface area (Å²) in [6.45, 7) is 0. The molecular formula is C13H12N+. The fourth-order valence-corrected chi connectivity index (χ4v) is 1.25. The van der Waals surface area contributed by atoms with E-state index < -0.39 is 0 Å². The van der Waals surface area contributed by atoms with Crippen LogP contribution in [0.1, 0.15) is 5.56 Å². The van der Waals surface area contributed by atoms with Gasteiger partial charge >= 0.3 is 0 Å². The first kappa shape index (κ1) is 8.70. The van der Waals surface area contributed by atoms with E-state index in [9.17, 15) is 0 Å². The molecule has 0 aliphatic rings. The number of hydrogen-bond acceptors (Lipinski definition) is 0. The molecule has 0 heterocycles. The highest BCUT2D eigenvalue weighted by atomic mass is 14.7. The molecule has 0 atom stereocenters. The lowest BCUT2D eigenvalue weighted by molar-refractivity contribution is -0.346. The number of rotatable bonds is 2. The largest absolute Gasteiger partial charge is 0.211 e. The van der Waals surface area contributed by atoms with Gasteiger partial charge in [-0.1, -0.05) is 36.4 Å². The highest BCUT2D eigenvalue weighted by Crippen LogP contribution is 1.95. The predicted octanol–water partition coefficient (Wildman–Crippen LogP) is 1.52. The fourth-order valence-electron chi connectivity index (χ4n) is 1.25. The van der Waals surface area contributed by atoms with Crippen molar-refractivity contribution in [3.8, 4) is 0 Å². The Hall–Kier alpha value is -1.89. The Kier molecular flexibility index (Phi) is 2.72. The summed E-state index contributed by atoms with van der Waals surface area (Å²) in [5, 5.41) is 0. The van der Waals surface area contributed by atoms with Crippen LogP contribution in [0.3, 0.4) is 0 Å². The van der Waals surface area contributed by atoms with Crippen LogP contribution in [0.2, 0.25) is 0 Å². The molecule has 0 spiro atoms. The Morgan fingerprint density at radius 3 is 1.93 bits per heavy atom. The average Bonchev–Trinajstić information content (AvgIpc) is 2.29. The molecule has 0 saturated heterocycles. The molecule has 68 valence electrons. The van der Waals surface area contributed by atoms with Gasteiger partial charge < -0.3 is 0 Å². The third-order valence-corrected chi connectivity index (χ3v) is 1.98. The highest BCUT2D eigenvalue weighted by Gasteiger charge is 1.91. The van der Waals surface area contributed by atoms with Crippen LogP contribution in [0.25, 0.3) is 0 Å².